The van der Waals surface area contributed by atoms with Crippen LogP contribution in [0.4, 0.5) is 18.9 Å². The molecule has 2 aromatic rings. The molecule has 1 fully saturated rings. The fourth-order valence-corrected chi connectivity index (χ4v) is 4.81. The molecule has 1 aliphatic rings. The van der Waals surface area contributed by atoms with Crippen LogP contribution in [0.5, 0.6) is 0 Å². The number of halogens is 3. The van der Waals surface area contributed by atoms with Gasteiger partial charge in [0.25, 0.3) is 0 Å². The first-order chi connectivity index (χ1) is 18.6. The van der Waals surface area contributed by atoms with Gasteiger partial charge in [-0.3, -0.25) is 9.59 Å². The highest BCUT2D eigenvalue weighted by atomic mass is 19.4. The number of ketones is 1. The number of esters is 1. The zero-order chi connectivity index (χ0) is 28.6. The Bertz CT molecular complexity index is 1220. The van der Waals surface area contributed by atoms with Crippen molar-refractivity contribution < 1.29 is 32.3 Å². The molecule has 0 aromatic heterocycles. The van der Waals surface area contributed by atoms with Gasteiger partial charge >= 0.3 is 12.1 Å². The first kappa shape index (κ1) is 30.1. The monoisotopic (exact) mass is 544 g/mol. The number of benzene rings is 2. The standard InChI is InChI=1S/C30H35F3N2O4/c1-4-22-12-13-23(14-15-28(38)39-6-3)26(5-2)29(22)35-27(37)11-8-17-34(35)18-16-25(36)20-21-9-7-10-24(19-21)30(31,32)33/h7,9-10,12-15,19H,4-6,8,11,16-18,20H2,1-3H3. The fraction of sp³-hybridized carbons (Fsp3) is 0.433. The summed E-state index contributed by atoms with van der Waals surface area (Å²) in [6.45, 7) is 6.82. The molecule has 0 bridgehead atoms. The van der Waals surface area contributed by atoms with Gasteiger partial charge in [0.2, 0.25) is 5.91 Å². The van der Waals surface area contributed by atoms with Crippen molar-refractivity contribution in [1.82, 2.24) is 5.01 Å². The summed E-state index contributed by atoms with van der Waals surface area (Å²) in [5.74, 6) is -0.733. The quantitative estimate of drug-likeness (QED) is 0.258. The predicted molar refractivity (Wildman–Crippen MR) is 144 cm³/mol. The summed E-state index contributed by atoms with van der Waals surface area (Å²) < 4.78 is 44.2. The molecule has 39 heavy (non-hydrogen) atoms. The van der Waals surface area contributed by atoms with Crippen LogP contribution in [0.25, 0.3) is 6.08 Å². The van der Waals surface area contributed by atoms with Gasteiger partial charge < -0.3 is 4.74 Å². The van der Waals surface area contributed by atoms with E-state index in [0.717, 1.165) is 34.5 Å². The molecule has 1 saturated heterocycles. The largest absolute Gasteiger partial charge is 0.463 e. The van der Waals surface area contributed by atoms with E-state index in [9.17, 15) is 27.6 Å². The molecule has 3 rings (SSSR count). The molecule has 6 nitrogen and oxygen atoms in total. The van der Waals surface area contributed by atoms with E-state index in [1.54, 1.807) is 18.0 Å². The molecule has 0 spiro atoms. The Morgan fingerprint density at radius 3 is 2.51 bits per heavy atom. The number of hydrogen-bond acceptors (Lipinski definition) is 5. The van der Waals surface area contributed by atoms with E-state index in [-0.39, 0.29) is 37.7 Å². The predicted octanol–water partition coefficient (Wildman–Crippen LogP) is 5.95. The molecule has 1 aliphatic heterocycles. The van der Waals surface area contributed by atoms with Crippen LogP contribution in [0.2, 0.25) is 0 Å². The van der Waals surface area contributed by atoms with Gasteiger partial charge in [0.05, 0.1) is 17.9 Å². The average molecular weight is 545 g/mol. The second-order valence-corrected chi connectivity index (χ2v) is 9.36. The molecule has 2 aromatic carbocycles. The van der Waals surface area contributed by atoms with Crippen LogP contribution in [0.15, 0.2) is 42.5 Å². The van der Waals surface area contributed by atoms with Crippen molar-refractivity contribution >= 4 is 29.4 Å². The van der Waals surface area contributed by atoms with Crippen LogP contribution in [0.3, 0.4) is 0 Å². The molecule has 210 valence electrons. The van der Waals surface area contributed by atoms with E-state index < -0.39 is 17.7 Å². The summed E-state index contributed by atoms with van der Waals surface area (Å²) in [5.41, 5.74) is 2.97. The molecule has 0 unspecified atom stereocenters. The number of ether oxygens (including phenoxy) is 1. The van der Waals surface area contributed by atoms with E-state index in [1.165, 1.54) is 18.2 Å². The normalized spacial score (nSPS) is 14.7. The lowest BCUT2D eigenvalue weighted by molar-refractivity contribution is -0.138. The van der Waals surface area contributed by atoms with Gasteiger partial charge in [-0.15, -0.1) is 0 Å². The number of hydrogen-bond donors (Lipinski definition) is 0. The molecule has 1 heterocycles. The molecule has 1 amide bonds. The molecular weight excluding hydrogens is 509 g/mol. The molecular formula is C30H35F3N2O4. The first-order valence-corrected chi connectivity index (χ1v) is 13.3. The number of carbonyl (C=O) groups is 3. The van der Waals surface area contributed by atoms with Crippen molar-refractivity contribution in [1.29, 1.82) is 0 Å². The number of amides is 1. The Morgan fingerprint density at radius 1 is 1.08 bits per heavy atom. The van der Waals surface area contributed by atoms with E-state index in [1.807, 2.05) is 31.0 Å². The molecule has 0 saturated carbocycles. The zero-order valence-electron chi connectivity index (χ0n) is 22.6. The van der Waals surface area contributed by atoms with Crippen molar-refractivity contribution in [2.24, 2.45) is 0 Å². The number of Topliss-reactive ketones (excluding diaryl/α,β-unsaturated/α-hetero) is 1. The Hall–Kier alpha value is -3.46. The number of alkyl halides is 3. The Kier molecular flexibility index (Phi) is 10.5. The van der Waals surface area contributed by atoms with Crippen LogP contribution in [-0.2, 0) is 44.6 Å². The minimum absolute atomic E-state index is 0.0810. The van der Waals surface area contributed by atoms with Gasteiger partial charge in [-0.05, 0) is 60.6 Å². The van der Waals surface area contributed by atoms with Crippen molar-refractivity contribution in [2.45, 2.75) is 65.5 Å². The van der Waals surface area contributed by atoms with Gasteiger partial charge in [0.1, 0.15) is 5.78 Å². The minimum atomic E-state index is -4.47. The summed E-state index contributed by atoms with van der Waals surface area (Å²) in [5, 5.41) is 3.53. The van der Waals surface area contributed by atoms with Crippen LogP contribution in [-0.4, -0.2) is 42.4 Å². The maximum Gasteiger partial charge on any atom is 0.416 e. The summed E-state index contributed by atoms with van der Waals surface area (Å²) in [6, 6.07) is 8.67. The van der Waals surface area contributed by atoms with Gasteiger partial charge in [-0.25, -0.2) is 14.8 Å². The third-order valence-corrected chi connectivity index (χ3v) is 6.66. The highest BCUT2D eigenvalue weighted by Gasteiger charge is 2.32. The van der Waals surface area contributed by atoms with E-state index in [4.69, 9.17) is 4.74 Å². The highest BCUT2D eigenvalue weighted by molar-refractivity contribution is 5.96. The maximum atomic E-state index is 13.3. The Labute approximate surface area is 227 Å². The number of hydrazine groups is 1. The van der Waals surface area contributed by atoms with E-state index in [0.29, 0.717) is 37.8 Å². The van der Waals surface area contributed by atoms with Crippen molar-refractivity contribution in [3.05, 3.63) is 70.3 Å². The maximum absolute atomic E-state index is 13.3. The summed E-state index contributed by atoms with van der Waals surface area (Å²) in [6.07, 6.45) is 0.862. The van der Waals surface area contributed by atoms with Crippen molar-refractivity contribution in [2.75, 3.05) is 24.7 Å². The number of rotatable bonds is 11. The molecule has 0 aliphatic carbocycles. The highest BCUT2D eigenvalue weighted by Crippen LogP contribution is 2.34. The molecule has 9 heteroatoms. The SMILES string of the molecule is CCOC(=O)C=Cc1ccc(CC)c(N2C(=O)CCCN2CCC(=O)Cc2cccc(C(F)(F)F)c2)c1CC. The van der Waals surface area contributed by atoms with Crippen LogP contribution in [0.1, 0.15) is 67.9 Å². The Balaban J connectivity index is 1.85. The zero-order valence-corrected chi connectivity index (χ0v) is 22.6. The van der Waals surface area contributed by atoms with E-state index in [2.05, 4.69) is 0 Å². The van der Waals surface area contributed by atoms with Crippen LogP contribution in [0, 0.1) is 0 Å². The molecule has 0 N–H and O–H groups in total. The number of nitrogens with zero attached hydrogens (tertiary/aromatic N) is 2. The summed E-state index contributed by atoms with van der Waals surface area (Å²) >= 11 is 0. The fourth-order valence-electron chi connectivity index (χ4n) is 4.81. The third kappa shape index (κ3) is 7.79. The molecule has 0 radical (unpaired) electrons. The van der Waals surface area contributed by atoms with Gasteiger partial charge in [0.15, 0.2) is 0 Å². The van der Waals surface area contributed by atoms with Crippen LogP contribution < -0.4 is 5.01 Å². The summed E-state index contributed by atoms with van der Waals surface area (Å²) in [4.78, 5) is 38.0. The average Bonchev–Trinajstić information content (AvgIpc) is 2.90. The second-order valence-electron chi connectivity index (χ2n) is 9.36. The lowest BCUT2D eigenvalue weighted by Gasteiger charge is -2.40. The molecule has 0 atom stereocenters. The third-order valence-electron chi connectivity index (χ3n) is 6.66. The van der Waals surface area contributed by atoms with Gasteiger partial charge in [-0.1, -0.05) is 44.2 Å². The first-order valence-electron chi connectivity index (χ1n) is 13.3. The Morgan fingerprint density at radius 2 is 1.85 bits per heavy atom. The van der Waals surface area contributed by atoms with E-state index >= 15 is 0 Å². The number of anilines is 1. The topological polar surface area (TPSA) is 66.9 Å². The lowest BCUT2D eigenvalue weighted by Crippen LogP contribution is -2.52. The van der Waals surface area contributed by atoms with Gasteiger partial charge in [-0.2, -0.15) is 13.2 Å². The minimum Gasteiger partial charge on any atom is -0.463 e. The van der Waals surface area contributed by atoms with Crippen molar-refractivity contribution in [3.63, 3.8) is 0 Å². The summed E-state index contributed by atoms with van der Waals surface area (Å²) in [7, 11) is 0. The number of aryl methyl sites for hydroxylation is 1. The second kappa shape index (κ2) is 13.6. The van der Waals surface area contributed by atoms with Crippen molar-refractivity contribution in [3.8, 4) is 0 Å². The van der Waals surface area contributed by atoms with Gasteiger partial charge in [0, 0.05) is 38.4 Å². The smallest absolute Gasteiger partial charge is 0.416 e. The lowest BCUT2D eigenvalue weighted by atomic mass is 9.95. The number of carbonyl (C=O) groups excluding carboxylic acids is 3. The van der Waals surface area contributed by atoms with Crippen LogP contribution >= 0.6 is 0 Å².